The highest BCUT2D eigenvalue weighted by molar-refractivity contribution is 7.09. The van der Waals surface area contributed by atoms with E-state index < -0.39 is 0 Å². The first-order valence-corrected chi connectivity index (χ1v) is 7.87. The third-order valence-corrected chi connectivity index (χ3v) is 4.40. The molecular formula is C15H19Cl2N3OS. The van der Waals surface area contributed by atoms with Crippen molar-refractivity contribution in [2.75, 3.05) is 6.54 Å². The van der Waals surface area contributed by atoms with Gasteiger partial charge in [-0.3, -0.25) is 4.79 Å². The van der Waals surface area contributed by atoms with E-state index in [2.05, 4.69) is 24.1 Å². The van der Waals surface area contributed by atoms with Crippen LogP contribution in [-0.2, 0) is 12.0 Å². The van der Waals surface area contributed by atoms with Crippen molar-refractivity contribution < 1.29 is 4.79 Å². The molecule has 0 aliphatic carbocycles. The van der Waals surface area contributed by atoms with Gasteiger partial charge in [0.25, 0.3) is 5.91 Å². The van der Waals surface area contributed by atoms with Gasteiger partial charge >= 0.3 is 0 Å². The number of nitrogens with two attached hydrogens (primary N) is 1. The lowest BCUT2D eigenvalue weighted by Crippen LogP contribution is -2.36. The average Bonchev–Trinajstić information content (AvgIpc) is 2.94. The Morgan fingerprint density at radius 3 is 2.55 bits per heavy atom. The maximum Gasteiger partial charge on any atom is 0.270 e. The van der Waals surface area contributed by atoms with Crippen LogP contribution in [0, 0.1) is 0 Å². The van der Waals surface area contributed by atoms with Crippen LogP contribution in [0.2, 0.25) is 5.02 Å². The van der Waals surface area contributed by atoms with Crippen LogP contribution >= 0.6 is 35.3 Å². The lowest BCUT2D eigenvalue weighted by Gasteiger charge is -2.25. The molecule has 4 nitrogen and oxygen atoms in total. The Bertz CT molecular complexity index is 626. The predicted molar refractivity (Wildman–Crippen MR) is 94.1 cm³/mol. The van der Waals surface area contributed by atoms with E-state index in [0.29, 0.717) is 23.8 Å². The molecule has 2 aromatic rings. The quantitative estimate of drug-likeness (QED) is 0.859. The van der Waals surface area contributed by atoms with Crippen LogP contribution < -0.4 is 11.1 Å². The molecule has 7 heteroatoms. The van der Waals surface area contributed by atoms with Gasteiger partial charge in [0.1, 0.15) is 10.7 Å². The minimum Gasteiger partial charge on any atom is -0.350 e. The van der Waals surface area contributed by atoms with E-state index in [4.69, 9.17) is 17.3 Å². The van der Waals surface area contributed by atoms with Gasteiger partial charge in [-0.1, -0.05) is 37.6 Å². The molecule has 0 spiro atoms. The maximum atomic E-state index is 12.1. The van der Waals surface area contributed by atoms with Crippen LogP contribution in [0.15, 0.2) is 29.6 Å². The minimum atomic E-state index is -0.188. The van der Waals surface area contributed by atoms with Crippen molar-refractivity contribution >= 4 is 41.3 Å². The van der Waals surface area contributed by atoms with Crippen molar-refractivity contribution in [3.63, 3.8) is 0 Å². The Morgan fingerprint density at radius 1 is 1.36 bits per heavy atom. The summed E-state index contributed by atoms with van der Waals surface area (Å²) >= 11 is 7.30. The number of thiazole rings is 1. The van der Waals surface area contributed by atoms with Crippen molar-refractivity contribution in [1.82, 2.24) is 10.3 Å². The smallest absolute Gasteiger partial charge is 0.270 e. The number of carbonyl (C=O) groups excluding carboxylic acids is 1. The van der Waals surface area contributed by atoms with Gasteiger partial charge in [0.15, 0.2) is 0 Å². The van der Waals surface area contributed by atoms with Gasteiger partial charge in [0.05, 0.1) is 0 Å². The van der Waals surface area contributed by atoms with Crippen molar-refractivity contribution in [3.8, 4) is 0 Å². The number of hydrogen-bond donors (Lipinski definition) is 2. The summed E-state index contributed by atoms with van der Waals surface area (Å²) in [4.78, 5) is 16.3. The van der Waals surface area contributed by atoms with Crippen LogP contribution in [0.4, 0.5) is 0 Å². The zero-order chi connectivity index (χ0) is 15.5. The lowest BCUT2D eigenvalue weighted by atomic mass is 9.84. The zero-order valence-electron chi connectivity index (χ0n) is 12.4. The first-order chi connectivity index (χ1) is 9.92. The monoisotopic (exact) mass is 359 g/mol. The van der Waals surface area contributed by atoms with Crippen molar-refractivity contribution in [2.45, 2.75) is 25.8 Å². The van der Waals surface area contributed by atoms with E-state index in [0.717, 1.165) is 10.6 Å². The first kappa shape index (κ1) is 18.9. The van der Waals surface area contributed by atoms with Crippen LogP contribution in [0.25, 0.3) is 0 Å². The Kier molecular flexibility index (Phi) is 6.81. The minimum absolute atomic E-state index is 0. The Hall–Kier alpha value is -1.14. The number of hydrogen-bond acceptors (Lipinski definition) is 4. The molecule has 0 aliphatic heterocycles. The molecule has 1 heterocycles. The van der Waals surface area contributed by atoms with Crippen molar-refractivity contribution in [2.24, 2.45) is 5.73 Å². The lowest BCUT2D eigenvalue weighted by molar-refractivity contribution is 0.0941. The Morgan fingerprint density at radius 2 is 2.00 bits per heavy atom. The Balaban J connectivity index is 0.00000242. The van der Waals surface area contributed by atoms with Gasteiger partial charge in [-0.25, -0.2) is 4.98 Å². The summed E-state index contributed by atoms with van der Waals surface area (Å²) < 4.78 is 0. The van der Waals surface area contributed by atoms with Crippen LogP contribution in [0.1, 0.15) is 34.9 Å². The number of rotatable bonds is 5. The standard InChI is InChI=1S/C15H18ClN3OS.ClH/c1-15(2,10-3-5-11(16)6-4-10)9-18-14(20)12-8-21-13(7-17)19-12;/h3-6,8H,7,9,17H2,1-2H3,(H,18,20);1H. The van der Waals surface area contributed by atoms with Gasteiger partial charge in [-0.15, -0.1) is 23.7 Å². The molecule has 0 fully saturated rings. The molecule has 0 atom stereocenters. The number of nitrogens with zero attached hydrogens (tertiary/aromatic N) is 1. The summed E-state index contributed by atoms with van der Waals surface area (Å²) in [5, 5.41) is 6.12. The van der Waals surface area contributed by atoms with E-state index in [1.807, 2.05) is 24.3 Å². The molecule has 0 radical (unpaired) electrons. The fourth-order valence-corrected chi connectivity index (χ4v) is 2.68. The molecule has 1 aromatic heterocycles. The second kappa shape index (κ2) is 7.92. The fraction of sp³-hybridized carbons (Fsp3) is 0.333. The molecule has 120 valence electrons. The van der Waals surface area contributed by atoms with Crippen molar-refractivity contribution in [3.05, 3.63) is 50.9 Å². The molecule has 1 amide bonds. The normalized spacial score (nSPS) is 10.9. The molecule has 3 N–H and O–H groups in total. The van der Waals surface area contributed by atoms with Gasteiger partial charge in [-0.2, -0.15) is 0 Å². The number of halogens is 2. The zero-order valence-corrected chi connectivity index (χ0v) is 14.8. The Labute approximate surface area is 145 Å². The molecule has 0 saturated carbocycles. The van der Waals surface area contributed by atoms with E-state index in [9.17, 15) is 4.79 Å². The van der Waals surface area contributed by atoms with E-state index in [1.54, 1.807) is 5.38 Å². The highest BCUT2D eigenvalue weighted by atomic mass is 35.5. The van der Waals surface area contributed by atoms with E-state index in [1.165, 1.54) is 11.3 Å². The van der Waals surface area contributed by atoms with Crippen LogP contribution in [-0.4, -0.2) is 17.4 Å². The molecule has 2 rings (SSSR count). The average molecular weight is 360 g/mol. The van der Waals surface area contributed by atoms with Gasteiger partial charge in [0, 0.05) is 28.9 Å². The number of carbonyl (C=O) groups is 1. The molecule has 0 bridgehead atoms. The van der Waals surface area contributed by atoms with Crippen molar-refractivity contribution in [1.29, 1.82) is 0 Å². The summed E-state index contributed by atoms with van der Waals surface area (Å²) in [5.74, 6) is -0.173. The second-order valence-corrected chi connectivity index (χ2v) is 6.78. The molecule has 22 heavy (non-hydrogen) atoms. The third kappa shape index (κ3) is 4.68. The fourth-order valence-electron chi connectivity index (χ4n) is 1.90. The third-order valence-electron chi connectivity index (χ3n) is 3.28. The summed E-state index contributed by atoms with van der Waals surface area (Å²) in [5.41, 5.74) is 6.85. The maximum absolute atomic E-state index is 12.1. The molecule has 0 unspecified atom stereocenters. The SMILES string of the molecule is CC(C)(CNC(=O)c1csc(CN)n1)c1ccc(Cl)cc1.Cl. The first-order valence-electron chi connectivity index (χ1n) is 6.61. The second-order valence-electron chi connectivity index (χ2n) is 5.40. The summed E-state index contributed by atoms with van der Waals surface area (Å²) in [7, 11) is 0. The summed E-state index contributed by atoms with van der Waals surface area (Å²) in [6.45, 7) is 5.02. The van der Waals surface area contributed by atoms with Gasteiger partial charge in [-0.05, 0) is 17.7 Å². The number of benzene rings is 1. The molecular weight excluding hydrogens is 341 g/mol. The van der Waals surface area contributed by atoms with E-state index in [-0.39, 0.29) is 23.7 Å². The van der Waals surface area contributed by atoms with Crippen LogP contribution in [0.3, 0.4) is 0 Å². The highest BCUT2D eigenvalue weighted by Crippen LogP contribution is 2.24. The number of nitrogens with one attached hydrogen (secondary N) is 1. The van der Waals surface area contributed by atoms with Crippen LogP contribution in [0.5, 0.6) is 0 Å². The molecule has 0 saturated heterocycles. The predicted octanol–water partition coefficient (Wildman–Crippen LogP) is 3.38. The molecule has 0 aliphatic rings. The largest absolute Gasteiger partial charge is 0.350 e. The summed E-state index contributed by atoms with van der Waals surface area (Å²) in [6.07, 6.45) is 0. The summed E-state index contributed by atoms with van der Waals surface area (Å²) in [6, 6.07) is 7.66. The van der Waals surface area contributed by atoms with Gasteiger partial charge in [0.2, 0.25) is 0 Å². The topological polar surface area (TPSA) is 68.0 Å². The van der Waals surface area contributed by atoms with E-state index >= 15 is 0 Å². The highest BCUT2D eigenvalue weighted by Gasteiger charge is 2.22. The molecule has 1 aromatic carbocycles. The number of aromatic nitrogens is 1. The number of amides is 1. The van der Waals surface area contributed by atoms with Gasteiger partial charge < -0.3 is 11.1 Å².